The van der Waals surface area contributed by atoms with Crippen molar-refractivity contribution in [1.82, 2.24) is 14.7 Å². The number of rotatable bonds is 7. The summed E-state index contributed by atoms with van der Waals surface area (Å²) in [6.07, 6.45) is -3.96. The molecule has 226 valence electrons. The molecular weight excluding hydrogens is 585 g/mol. The summed E-state index contributed by atoms with van der Waals surface area (Å²) in [6, 6.07) is 4.10. The van der Waals surface area contributed by atoms with Crippen LogP contribution in [0.15, 0.2) is 35.5 Å². The lowest BCUT2D eigenvalue weighted by Gasteiger charge is -2.56. The summed E-state index contributed by atoms with van der Waals surface area (Å²) in [4.78, 5) is 24.9. The number of aliphatic imine (C=N–C) groups is 1. The van der Waals surface area contributed by atoms with Crippen LogP contribution in [0.2, 0.25) is 0 Å². The van der Waals surface area contributed by atoms with E-state index in [9.17, 15) is 35.3 Å². The molecule has 0 aliphatic carbocycles. The van der Waals surface area contributed by atoms with Crippen molar-refractivity contribution < 1.29 is 44.5 Å². The smallest absolute Gasteiger partial charge is 0.340 e. The summed E-state index contributed by atoms with van der Waals surface area (Å²) in [5, 5.41) is 0.944. The van der Waals surface area contributed by atoms with Gasteiger partial charge in [-0.25, -0.2) is 31.9 Å². The Labute approximate surface area is 230 Å². The van der Waals surface area contributed by atoms with Crippen LogP contribution in [0, 0.1) is 5.82 Å². The largest absolute Gasteiger partial charge is 0.485 e. The highest BCUT2D eigenvalue weighted by Gasteiger charge is 2.62. The van der Waals surface area contributed by atoms with Crippen molar-refractivity contribution in [2.75, 3.05) is 18.5 Å². The van der Waals surface area contributed by atoms with Crippen LogP contribution in [0.3, 0.4) is 0 Å². The molecule has 9 nitrogen and oxygen atoms in total. The second kappa shape index (κ2) is 10.2. The van der Waals surface area contributed by atoms with Crippen molar-refractivity contribution in [3.8, 4) is 5.75 Å². The zero-order valence-electron chi connectivity index (χ0n) is 21.9. The lowest BCUT2D eigenvalue weighted by molar-refractivity contribution is -0.148. The van der Waals surface area contributed by atoms with E-state index in [0.29, 0.717) is 0 Å². The molecule has 2 aliphatic rings. The molecule has 0 bridgehead atoms. The Kier molecular flexibility index (Phi) is 7.60. The molecule has 2 atom stereocenters. The Balaban J connectivity index is 1.61. The monoisotopic (exact) mass is 612 g/mol. The quantitative estimate of drug-likeness (QED) is 0.280. The molecule has 4 N–H and O–H groups in total. The van der Waals surface area contributed by atoms with E-state index in [4.69, 9.17) is 5.73 Å². The number of fused-ring (bicyclic) bond motifs is 1. The lowest BCUT2D eigenvalue weighted by atomic mass is 9.88. The highest BCUT2D eigenvalue weighted by atomic mass is 32.3. The number of alkyl halides is 6. The average molecular weight is 613 g/mol. The first-order valence-electron chi connectivity index (χ1n) is 12.1. The molecule has 41 heavy (non-hydrogen) atoms. The SMILES string of the molecule is CC1(C)C(N)=N[C@](C)(c2nc(NC(=O)c3ccc(OCC(F)(F)C(F)F)cn3)ccc2F)[C@H]2CC(F)(F)CN[SH]21=O. The van der Waals surface area contributed by atoms with E-state index in [1.54, 1.807) is 0 Å². The van der Waals surface area contributed by atoms with Crippen LogP contribution in [-0.4, -0.2) is 67.3 Å². The van der Waals surface area contributed by atoms with Crippen molar-refractivity contribution in [2.24, 2.45) is 10.7 Å². The minimum absolute atomic E-state index is 0.147. The number of nitrogens with one attached hydrogen (secondary N) is 2. The summed E-state index contributed by atoms with van der Waals surface area (Å²) >= 11 is 0. The fourth-order valence-corrected chi connectivity index (χ4v) is 8.36. The molecule has 4 heterocycles. The van der Waals surface area contributed by atoms with Gasteiger partial charge < -0.3 is 15.8 Å². The van der Waals surface area contributed by atoms with Crippen LogP contribution in [0.5, 0.6) is 5.75 Å². The Bertz CT molecular complexity index is 1420. The van der Waals surface area contributed by atoms with Gasteiger partial charge in [-0.2, -0.15) is 8.78 Å². The van der Waals surface area contributed by atoms with Crippen LogP contribution in [0.25, 0.3) is 0 Å². The van der Waals surface area contributed by atoms with Crippen LogP contribution in [0.1, 0.15) is 43.4 Å². The molecule has 0 spiro atoms. The van der Waals surface area contributed by atoms with Gasteiger partial charge in [0.15, 0.2) is 6.61 Å². The summed E-state index contributed by atoms with van der Waals surface area (Å²) in [7, 11) is -3.77. The van der Waals surface area contributed by atoms with E-state index in [0.717, 1.165) is 30.5 Å². The second-order valence-corrected chi connectivity index (χ2v) is 13.9. The third-order valence-corrected chi connectivity index (χ3v) is 11.3. The predicted molar refractivity (Wildman–Crippen MR) is 137 cm³/mol. The maximum Gasteiger partial charge on any atom is 0.340 e. The van der Waals surface area contributed by atoms with Crippen LogP contribution < -0.4 is 20.5 Å². The number of halogens is 7. The number of hydrogen-bond acceptors (Lipinski definition) is 7. The summed E-state index contributed by atoms with van der Waals surface area (Å²) < 4.78 is 115. The topological polar surface area (TPSA) is 132 Å². The maximum absolute atomic E-state index is 15.2. The minimum Gasteiger partial charge on any atom is -0.485 e. The molecular formula is C24H27F7N6O3S. The van der Waals surface area contributed by atoms with Crippen molar-refractivity contribution in [3.05, 3.63) is 47.7 Å². The van der Waals surface area contributed by atoms with E-state index < -0.39 is 80.9 Å². The van der Waals surface area contributed by atoms with Crippen molar-refractivity contribution in [1.29, 1.82) is 0 Å². The number of pyridine rings is 2. The van der Waals surface area contributed by atoms with Gasteiger partial charge >= 0.3 is 12.3 Å². The molecule has 2 aliphatic heterocycles. The molecule has 1 fully saturated rings. The van der Waals surface area contributed by atoms with Gasteiger partial charge in [0.2, 0.25) is 0 Å². The molecule has 2 aromatic heterocycles. The number of amides is 1. The van der Waals surface area contributed by atoms with Crippen LogP contribution >= 0.6 is 0 Å². The van der Waals surface area contributed by atoms with Gasteiger partial charge in [0.25, 0.3) is 11.8 Å². The van der Waals surface area contributed by atoms with Crippen molar-refractivity contribution >= 4 is 27.7 Å². The Hall–Kier alpha value is -3.34. The first-order chi connectivity index (χ1) is 18.8. The number of thiol groups is 1. The summed E-state index contributed by atoms with van der Waals surface area (Å²) in [5.74, 6) is -10.2. The Morgan fingerprint density at radius 1 is 1.24 bits per heavy atom. The van der Waals surface area contributed by atoms with Gasteiger partial charge in [-0.3, -0.25) is 18.7 Å². The van der Waals surface area contributed by atoms with Crippen LogP contribution in [0.4, 0.5) is 36.6 Å². The van der Waals surface area contributed by atoms with E-state index in [-0.39, 0.29) is 23.1 Å². The van der Waals surface area contributed by atoms with Gasteiger partial charge in [-0.15, -0.1) is 0 Å². The van der Waals surface area contributed by atoms with Gasteiger partial charge in [0, 0.05) is 6.42 Å². The molecule has 0 aromatic carbocycles. The molecule has 1 saturated heterocycles. The molecule has 0 unspecified atom stereocenters. The number of carbonyl (C=O) groups is 1. The molecule has 2 aromatic rings. The highest BCUT2D eigenvalue weighted by Crippen LogP contribution is 2.50. The molecule has 0 saturated carbocycles. The van der Waals surface area contributed by atoms with Gasteiger partial charge in [-0.05, 0) is 55.2 Å². The van der Waals surface area contributed by atoms with Gasteiger partial charge in [-0.1, -0.05) is 0 Å². The maximum atomic E-state index is 15.2. The number of nitrogens with two attached hydrogens (primary N) is 1. The van der Waals surface area contributed by atoms with E-state index in [1.165, 1.54) is 20.8 Å². The number of carbonyl (C=O) groups excluding carboxylic acids is 1. The number of nitrogens with zero attached hydrogens (tertiary/aromatic N) is 3. The first kappa shape index (κ1) is 30.6. The third kappa shape index (κ3) is 5.48. The molecule has 4 rings (SSSR count). The van der Waals surface area contributed by atoms with Crippen molar-refractivity contribution in [2.45, 2.75) is 61.0 Å². The molecule has 17 heteroatoms. The second-order valence-electron chi connectivity index (χ2n) is 10.5. The minimum atomic E-state index is -4.39. The van der Waals surface area contributed by atoms with Gasteiger partial charge in [0.1, 0.15) is 40.1 Å². The molecule has 0 radical (unpaired) electrons. The highest BCUT2D eigenvalue weighted by molar-refractivity contribution is 8.04. The number of hydrogen-bond donors (Lipinski definition) is 4. The standard InChI is InChI=1S/C24H27F7N6O3S/c1-21(2)20(32)37-22(3,15-8-23(28,29)10-34-41(15,21)39)17-13(25)5-7-16(35-17)36-18(38)14-6-4-12(9-33-14)40-11-24(30,31)19(26)27/h4-7,9,15,19,41H,8,10-11H2,1-3H3,(H2,32,37)(H,34,39)(H,35,36,38)/t15-,22+/m1/s1. The first-order valence-corrected chi connectivity index (χ1v) is 13.9. The third-order valence-electron chi connectivity index (χ3n) is 7.25. The number of amidine groups is 1. The zero-order valence-corrected chi connectivity index (χ0v) is 22.8. The fraction of sp³-hybridized carbons (Fsp3) is 0.500. The van der Waals surface area contributed by atoms with Crippen molar-refractivity contribution in [3.63, 3.8) is 0 Å². The normalized spacial score (nSPS) is 25.5. The number of anilines is 1. The number of aromatic nitrogens is 2. The Morgan fingerprint density at radius 2 is 1.93 bits per heavy atom. The predicted octanol–water partition coefficient (Wildman–Crippen LogP) is 3.44. The summed E-state index contributed by atoms with van der Waals surface area (Å²) in [5.41, 5.74) is 3.47. The average Bonchev–Trinajstić information content (AvgIpc) is 2.89. The van der Waals surface area contributed by atoms with E-state index >= 15 is 4.39 Å². The lowest BCUT2D eigenvalue weighted by Crippen LogP contribution is -2.72. The number of ether oxygens (including phenoxy) is 1. The van der Waals surface area contributed by atoms with Crippen LogP contribution in [-0.2, 0) is 15.7 Å². The summed E-state index contributed by atoms with van der Waals surface area (Å²) in [6.45, 7) is 1.83. The van der Waals surface area contributed by atoms with Gasteiger partial charge in [0.05, 0.1) is 22.7 Å². The Morgan fingerprint density at radius 3 is 2.54 bits per heavy atom. The fourth-order valence-electron chi connectivity index (χ4n) is 4.70. The zero-order chi connectivity index (χ0) is 30.6. The molecule has 1 amide bonds. The van der Waals surface area contributed by atoms with E-state index in [2.05, 4.69) is 29.7 Å². The van der Waals surface area contributed by atoms with E-state index in [1.807, 2.05) is 0 Å².